The minimum Gasteiger partial charge on any atom is -0.504 e. The zero-order chi connectivity index (χ0) is 32.0. The fraction of sp³-hybridized carbons (Fsp3) is 0.103. The molecule has 0 aromatic heterocycles. The Balaban J connectivity index is 1.56. The molecular formula is C29H22O15. The maximum atomic E-state index is 13.0. The van der Waals surface area contributed by atoms with Crippen LogP contribution in [0.15, 0.2) is 48.5 Å². The van der Waals surface area contributed by atoms with Crippen LogP contribution in [0.1, 0.15) is 37.9 Å². The van der Waals surface area contributed by atoms with Crippen LogP contribution in [0.4, 0.5) is 0 Å². The molecule has 4 aromatic carbocycles. The van der Waals surface area contributed by atoms with Crippen molar-refractivity contribution >= 4 is 11.9 Å². The summed E-state index contributed by atoms with van der Waals surface area (Å²) in [4.78, 5) is 25.8. The maximum Gasteiger partial charge on any atom is 0.347 e. The molecular weight excluding hydrogens is 588 g/mol. The fourth-order valence-electron chi connectivity index (χ4n) is 4.44. The number of ether oxygens (including phenoxy) is 3. The van der Waals surface area contributed by atoms with Crippen LogP contribution in [0, 0.1) is 0 Å². The highest BCUT2D eigenvalue weighted by Gasteiger charge is 2.35. The fourth-order valence-corrected chi connectivity index (χ4v) is 4.44. The zero-order valence-electron chi connectivity index (χ0n) is 22.0. The second-order valence-corrected chi connectivity index (χ2v) is 9.59. The van der Waals surface area contributed by atoms with E-state index in [0.29, 0.717) is 0 Å². The molecule has 1 heterocycles. The molecule has 15 nitrogen and oxygen atoms in total. The van der Waals surface area contributed by atoms with Gasteiger partial charge in [0.25, 0.3) is 0 Å². The number of phenolic OH excluding ortho intramolecular Hbond substituents is 9. The molecule has 5 rings (SSSR count). The molecule has 0 bridgehead atoms. The number of aliphatic hydroxyl groups excluding tert-OH is 1. The summed E-state index contributed by atoms with van der Waals surface area (Å²) in [6.45, 7) is 0. The summed E-state index contributed by atoms with van der Waals surface area (Å²) in [5.41, 5.74) is -0.887. The van der Waals surface area contributed by atoms with E-state index in [1.54, 1.807) is 0 Å². The van der Waals surface area contributed by atoms with Crippen molar-refractivity contribution in [3.8, 4) is 69.0 Å². The van der Waals surface area contributed by atoms with Crippen molar-refractivity contribution < 1.29 is 74.9 Å². The number of rotatable bonds is 5. The van der Waals surface area contributed by atoms with E-state index in [-0.39, 0.29) is 34.8 Å². The van der Waals surface area contributed by atoms with E-state index in [1.165, 1.54) is 0 Å². The third-order valence-electron chi connectivity index (χ3n) is 6.65. The number of phenols is 9. The van der Waals surface area contributed by atoms with Gasteiger partial charge in [0, 0.05) is 29.7 Å². The van der Waals surface area contributed by atoms with Gasteiger partial charge >= 0.3 is 11.9 Å². The second kappa shape index (κ2) is 10.9. The van der Waals surface area contributed by atoms with Crippen LogP contribution in [0.5, 0.6) is 69.0 Å². The highest BCUT2D eigenvalue weighted by molar-refractivity contribution is 5.96. The molecule has 0 saturated heterocycles. The Bertz CT molecular complexity index is 1780. The quantitative estimate of drug-likeness (QED) is 0.0884. The Morgan fingerprint density at radius 1 is 0.659 bits per heavy atom. The number of hydrogen-bond acceptors (Lipinski definition) is 15. The van der Waals surface area contributed by atoms with Crippen molar-refractivity contribution in [2.45, 2.75) is 18.6 Å². The predicted octanol–water partition coefficient (Wildman–Crippen LogP) is 2.51. The van der Waals surface area contributed by atoms with E-state index in [0.717, 1.165) is 48.5 Å². The molecule has 1 aliphatic heterocycles. The van der Waals surface area contributed by atoms with Gasteiger partial charge in [-0.3, -0.25) is 0 Å². The Hall–Kier alpha value is -6.22. The van der Waals surface area contributed by atoms with Crippen LogP contribution in [0.25, 0.3) is 0 Å². The molecule has 0 spiro atoms. The summed E-state index contributed by atoms with van der Waals surface area (Å²) in [5, 5.41) is 99.1. The summed E-state index contributed by atoms with van der Waals surface area (Å²) in [5.74, 6) is -10.7. The number of esters is 2. The van der Waals surface area contributed by atoms with Gasteiger partial charge < -0.3 is 65.3 Å². The lowest BCUT2D eigenvalue weighted by Crippen LogP contribution is -2.31. The van der Waals surface area contributed by atoms with Crippen molar-refractivity contribution in [1.29, 1.82) is 0 Å². The SMILES string of the molecule is O=C(Oc1cc(OC(=O)c2ccc(O)c(O)c2O)cc2c1CC(O)C(c1cc(O)c(O)c(O)c1)O2)c1cc(O)c(O)c(O)c1. The first-order valence-corrected chi connectivity index (χ1v) is 12.4. The largest absolute Gasteiger partial charge is 0.504 e. The molecule has 10 N–H and O–H groups in total. The van der Waals surface area contributed by atoms with E-state index in [2.05, 4.69) is 0 Å². The molecule has 1 aliphatic rings. The van der Waals surface area contributed by atoms with Gasteiger partial charge in [-0.2, -0.15) is 0 Å². The third-order valence-corrected chi connectivity index (χ3v) is 6.65. The first kappa shape index (κ1) is 29.3. The Morgan fingerprint density at radius 3 is 1.86 bits per heavy atom. The lowest BCUT2D eigenvalue weighted by Gasteiger charge is -2.32. The summed E-state index contributed by atoms with van der Waals surface area (Å²) in [7, 11) is 0. The normalized spacial score (nSPS) is 15.6. The van der Waals surface area contributed by atoms with E-state index < -0.39 is 87.0 Å². The van der Waals surface area contributed by atoms with Crippen molar-refractivity contribution in [2.75, 3.05) is 0 Å². The van der Waals surface area contributed by atoms with Crippen molar-refractivity contribution in [1.82, 2.24) is 0 Å². The van der Waals surface area contributed by atoms with Gasteiger partial charge in [0.15, 0.2) is 52.1 Å². The first-order valence-electron chi connectivity index (χ1n) is 12.4. The lowest BCUT2D eigenvalue weighted by molar-refractivity contribution is 0.0192. The minimum absolute atomic E-state index is 0.0245. The van der Waals surface area contributed by atoms with E-state index in [1.807, 2.05) is 0 Å². The van der Waals surface area contributed by atoms with Crippen LogP contribution >= 0.6 is 0 Å². The van der Waals surface area contributed by atoms with Gasteiger partial charge in [-0.05, 0) is 36.4 Å². The summed E-state index contributed by atoms with van der Waals surface area (Å²) in [6.07, 6.45) is -2.95. The molecule has 0 radical (unpaired) electrons. The lowest BCUT2D eigenvalue weighted by atomic mass is 9.93. The molecule has 0 saturated carbocycles. The van der Waals surface area contributed by atoms with Gasteiger partial charge in [-0.25, -0.2) is 9.59 Å². The van der Waals surface area contributed by atoms with E-state index in [4.69, 9.17) is 14.2 Å². The summed E-state index contributed by atoms with van der Waals surface area (Å²) >= 11 is 0. The molecule has 44 heavy (non-hydrogen) atoms. The average Bonchev–Trinajstić information content (AvgIpc) is 2.97. The molecule has 15 heteroatoms. The number of hydrogen-bond donors (Lipinski definition) is 10. The van der Waals surface area contributed by atoms with Crippen LogP contribution in [-0.4, -0.2) is 69.1 Å². The van der Waals surface area contributed by atoms with Crippen molar-refractivity contribution in [3.05, 3.63) is 70.8 Å². The topological polar surface area (TPSA) is 264 Å². The van der Waals surface area contributed by atoms with Gasteiger partial charge in [0.05, 0.1) is 11.7 Å². The highest BCUT2D eigenvalue weighted by atomic mass is 16.6. The predicted molar refractivity (Wildman–Crippen MR) is 144 cm³/mol. The molecule has 4 aromatic rings. The number of aromatic hydroxyl groups is 9. The first-order chi connectivity index (χ1) is 20.7. The van der Waals surface area contributed by atoms with E-state index in [9.17, 15) is 60.7 Å². The molecule has 0 amide bonds. The standard InChI is InChI=1S/C29H22O15/c30-15-2-1-13(23(36)26(15)39)29(41)42-12-7-21-14(9-20(35)27(43-21)10-3-16(31)24(37)17(32)4-10)22(8-12)44-28(40)11-5-18(33)25(38)19(34)6-11/h1-8,20,27,30-39H,9H2. The van der Waals surface area contributed by atoms with E-state index >= 15 is 0 Å². The smallest absolute Gasteiger partial charge is 0.347 e. The van der Waals surface area contributed by atoms with Crippen LogP contribution < -0.4 is 14.2 Å². The van der Waals surface area contributed by atoms with Crippen LogP contribution in [0.2, 0.25) is 0 Å². The molecule has 2 atom stereocenters. The summed E-state index contributed by atoms with van der Waals surface area (Å²) in [6, 6.07) is 7.75. The Labute approximate surface area is 245 Å². The molecule has 0 fully saturated rings. The number of carbonyl (C=O) groups is 2. The third kappa shape index (κ3) is 5.25. The zero-order valence-corrected chi connectivity index (χ0v) is 22.0. The number of benzene rings is 4. The number of fused-ring (bicyclic) bond motifs is 1. The molecule has 2 unspecified atom stereocenters. The monoisotopic (exact) mass is 610 g/mol. The van der Waals surface area contributed by atoms with Crippen molar-refractivity contribution in [3.63, 3.8) is 0 Å². The van der Waals surface area contributed by atoms with Gasteiger partial charge in [0.2, 0.25) is 5.75 Å². The minimum atomic E-state index is -1.39. The van der Waals surface area contributed by atoms with Gasteiger partial charge in [0.1, 0.15) is 22.8 Å². The van der Waals surface area contributed by atoms with Crippen molar-refractivity contribution in [2.24, 2.45) is 0 Å². The Morgan fingerprint density at radius 2 is 1.25 bits per heavy atom. The van der Waals surface area contributed by atoms with Crippen LogP contribution in [0.3, 0.4) is 0 Å². The highest BCUT2D eigenvalue weighted by Crippen LogP contribution is 2.46. The summed E-state index contributed by atoms with van der Waals surface area (Å²) < 4.78 is 16.6. The number of aliphatic hydroxyl groups is 1. The number of carbonyl (C=O) groups excluding carboxylic acids is 2. The van der Waals surface area contributed by atoms with Gasteiger partial charge in [-0.15, -0.1) is 0 Å². The molecule has 0 aliphatic carbocycles. The van der Waals surface area contributed by atoms with Crippen LogP contribution in [-0.2, 0) is 6.42 Å². The molecule has 228 valence electrons. The second-order valence-electron chi connectivity index (χ2n) is 9.59. The van der Waals surface area contributed by atoms with Gasteiger partial charge in [-0.1, -0.05) is 0 Å². The Kier molecular flexibility index (Phi) is 7.24. The average molecular weight is 610 g/mol. The maximum absolute atomic E-state index is 13.0.